The van der Waals surface area contributed by atoms with Crippen molar-refractivity contribution in [3.63, 3.8) is 0 Å². The molecule has 0 spiro atoms. The SMILES string of the molecule is COc1ccc(OC(F)F)c(NCc2ccncc2)c1. The highest BCUT2D eigenvalue weighted by atomic mass is 19.3. The van der Waals surface area contributed by atoms with Crippen LogP contribution < -0.4 is 14.8 Å². The van der Waals surface area contributed by atoms with Gasteiger partial charge in [-0.3, -0.25) is 4.98 Å². The van der Waals surface area contributed by atoms with E-state index < -0.39 is 6.61 Å². The Labute approximate surface area is 115 Å². The number of hydrogen-bond donors (Lipinski definition) is 1. The molecule has 1 aromatic heterocycles. The third-order valence-electron chi connectivity index (χ3n) is 2.64. The standard InChI is InChI=1S/C14H14F2N2O2/c1-19-11-2-3-13(20-14(15)16)12(8-11)18-9-10-4-6-17-7-5-10/h2-8,14,18H,9H2,1H3. The Hall–Kier alpha value is -2.37. The molecule has 1 N–H and O–H groups in total. The highest BCUT2D eigenvalue weighted by Crippen LogP contribution is 2.30. The molecule has 0 unspecified atom stereocenters. The van der Waals surface area contributed by atoms with E-state index in [1.807, 2.05) is 12.1 Å². The predicted octanol–water partition coefficient (Wildman–Crippen LogP) is 3.30. The first kappa shape index (κ1) is 14.0. The van der Waals surface area contributed by atoms with E-state index >= 15 is 0 Å². The summed E-state index contributed by atoms with van der Waals surface area (Å²) in [6, 6.07) is 8.29. The monoisotopic (exact) mass is 280 g/mol. The van der Waals surface area contributed by atoms with Crippen molar-refractivity contribution < 1.29 is 18.3 Å². The van der Waals surface area contributed by atoms with Gasteiger partial charge in [0.2, 0.25) is 0 Å². The molecule has 0 aliphatic rings. The number of halogens is 2. The number of hydrogen-bond acceptors (Lipinski definition) is 4. The second kappa shape index (κ2) is 6.70. The van der Waals surface area contributed by atoms with Gasteiger partial charge < -0.3 is 14.8 Å². The van der Waals surface area contributed by atoms with Crippen LogP contribution >= 0.6 is 0 Å². The Kier molecular flexibility index (Phi) is 4.70. The molecule has 0 fully saturated rings. The van der Waals surface area contributed by atoms with E-state index in [4.69, 9.17) is 4.74 Å². The van der Waals surface area contributed by atoms with Gasteiger partial charge >= 0.3 is 6.61 Å². The quantitative estimate of drug-likeness (QED) is 0.881. The average molecular weight is 280 g/mol. The number of alkyl halides is 2. The molecule has 0 saturated heterocycles. The number of pyridine rings is 1. The number of benzene rings is 1. The van der Waals surface area contributed by atoms with Crippen molar-refractivity contribution in [2.75, 3.05) is 12.4 Å². The van der Waals surface area contributed by atoms with Gasteiger partial charge in [-0.25, -0.2) is 0 Å². The van der Waals surface area contributed by atoms with Crippen molar-refractivity contribution in [3.8, 4) is 11.5 Å². The molecule has 6 heteroatoms. The molecule has 106 valence electrons. The first-order valence-electron chi connectivity index (χ1n) is 5.94. The zero-order valence-corrected chi connectivity index (χ0v) is 10.8. The summed E-state index contributed by atoms with van der Waals surface area (Å²) in [4.78, 5) is 3.91. The van der Waals surface area contributed by atoms with Crippen LogP contribution in [-0.4, -0.2) is 18.7 Å². The van der Waals surface area contributed by atoms with Gasteiger partial charge in [0.05, 0.1) is 12.8 Å². The predicted molar refractivity (Wildman–Crippen MR) is 71.2 cm³/mol. The zero-order valence-electron chi connectivity index (χ0n) is 10.8. The molecule has 4 nitrogen and oxygen atoms in total. The summed E-state index contributed by atoms with van der Waals surface area (Å²) in [6.07, 6.45) is 3.33. The van der Waals surface area contributed by atoms with Crippen LogP contribution in [0.4, 0.5) is 14.5 Å². The average Bonchev–Trinajstić information content (AvgIpc) is 2.47. The molecule has 2 aromatic rings. The molecule has 0 amide bonds. The van der Waals surface area contributed by atoms with Gasteiger partial charge in [-0.05, 0) is 29.8 Å². The molecular weight excluding hydrogens is 266 g/mol. The number of rotatable bonds is 6. The second-order valence-corrected chi connectivity index (χ2v) is 3.95. The third kappa shape index (κ3) is 3.81. The summed E-state index contributed by atoms with van der Waals surface area (Å²) in [5, 5.41) is 3.04. The smallest absolute Gasteiger partial charge is 0.387 e. The summed E-state index contributed by atoms with van der Waals surface area (Å²) in [7, 11) is 1.51. The highest BCUT2D eigenvalue weighted by Gasteiger charge is 2.10. The molecule has 0 aliphatic heterocycles. The zero-order chi connectivity index (χ0) is 14.4. The third-order valence-corrected chi connectivity index (χ3v) is 2.64. The van der Waals surface area contributed by atoms with E-state index in [0.717, 1.165) is 5.56 Å². The number of nitrogens with zero attached hydrogens (tertiary/aromatic N) is 1. The van der Waals surface area contributed by atoms with E-state index in [1.54, 1.807) is 24.5 Å². The lowest BCUT2D eigenvalue weighted by Gasteiger charge is -2.14. The van der Waals surface area contributed by atoms with Crippen molar-refractivity contribution in [1.29, 1.82) is 0 Å². The molecule has 0 radical (unpaired) electrons. The van der Waals surface area contributed by atoms with Crippen LogP contribution in [0.5, 0.6) is 11.5 Å². The molecular formula is C14H14F2N2O2. The Morgan fingerprint density at radius 2 is 1.95 bits per heavy atom. The number of anilines is 1. The Morgan fingerprint density at radius 1 is 1.20 bits per heavy atom. The first-order chi connectivity index (χ1) is 9.69. The summed E-state index contributed by atoms with van der Waals surface area (Å²) < 4.78 is 34.3. The van der Waals surface area contributed by atoms with Crippen molar-refractivity contribution >= 4 is 5.69 Å². The Balaban J connectivity index is 2.15. The first-order valence-corrected chi connectivity index (χ1v) is 5.94. The lowest BCUT2D eigenvalue weighted by molar-refractivity contribution is -0.0493. The van der Waals surface area contributed by atoms with Gasteiger partial charge in [0.25, 0.3) is 0 Å². The number of aromatic nitrogens is 1. The summed E-state index contributed by atoms with van der Waals surface area (Å²) in [5.74, 6) is 0.638. The summed E-state index contributed by atoms with van der Waals surface area (Å²) in [5.41, 5.74) is 1.42. The van der Waals surface area contributed by atoms with Crippen LogP contribution in [-0.2, 0) is 6.54 Å². The fraction of sp³-hybridized carbons (Fsp3) is 0.214. The minimum absolute atomic E-state index is 0.0786. The van der Waals surface area contributed by atoms with Gasteiger partial charge in [-0.15, -0.1) is 0 Å². The molecule has 0 saturated carbocycles. The molecule has 20 heavy (non-hydrogen) atoms. The fourth-order valence-electron chi connectivity index (χ4n) is 1.67. The number of methoxy groups -OCH3 is 1. The Bertz CT molecular complexity index is 550. The van der Waals surface area contributed by atoms with Gasteiger partial charge in [0.15, 0.2) is 0 Å². The maximum Gasteiger partial charge on any atom is 0.387 e. The molecule has 0 bridgehead atoms. The van der Waals surface area contributed by atoms with Crippen molar-refractivity contribution in [3.05, 3.63) is 48.3 Å². The minimum Gasteiger partial charge on any atom is -0.497 e. The van der Waals surface area contributed by atoms with Crippen molar-refractivity contribution in [1.82, 2.24) is 4.98 Å². The van der Waals surface area contributed by atoms with Crippen LogP contribution in [0, 0.1) is 0 Å². The van der Waals surface area contributed by atoms with Crippen molar-refractivity contribution in [2.24, 2.45) is 0 Å². The van der Waals surface area contributed by atoms with Crippen LogP contribution in [0.2, 0.25) is 0 Å². The van der Waals surface area contributed by atoms with E-state index in [2.05, 4.69) is 15.0 Å². The van der Waals surface area contributed by atoms with E-state index in [1.165, 1.54) is 13.2 Å². The van der Waals surface area contributed by atoms with E-state index in [-0.39, 0.29) is 5.75 Å². The maximum atomic E-state index is 12.4. The molecule has 2 rings (SSSR count). The molecule has 0 aliphatic carbocycles. The lowest BCUT2D eigenvalue weighted by atomic mass is 10.2. The normalized spacial score (nSPS) is 10.4. The number of ether oxygens (including phenoxy) is 2. The maximum absolute atomic E-state index is 12.4. The molecule has 0 atom stereocenters. The minimum atomic E-state index is -2.87. The molecule has 1 aromatic carbocycles. The summed E-state index contributed by atoms with van der Waals surface area (Å²) >= 11 is 0. The van der Waals surface area contributed by atoms with Gasteiger partial charge in [-0.1, -0.05) is 0 Å². The fourth-order valence-corrected chi connectivity index (χ4v) is 1.67. The van der Waals surface area contributed by atoms with Crippen LogP contribution in [0.1, 0.15) is 5.56 Å². The van der Waals surface area contributed by atoms with Gasteiger partial charge in [-0.2, -0.15) is 8.78 Å². The van der Waals surface area contributed by atoms with Gasteiger partial charge in [0, 0.05) is 25.0 Å². The summed E-state index contributed by atoms with van der Waals surface area (Å²) in [6.45, 7) is -2.40. The topological polar surface area (TPSA) is 43.4 Å². The van der Waals surface area contributed by atoms with Crippen molar-refractivity contribution in [2.45, 2.75) is 13.2 Å². The largest absolute Gasteiger partial charge is 0.497 e. The number of nitrogens with one attached hydrogen (secondary N) is 1. The van der Waals surface area contributed by atoms with E-state index in [9.17, 15) is 8.78 Å². The Morgan fingerprint density at radius 3 is 2.60 bits per heavy atom. The van der Waals surface area contributed by atoms with Crippen LogP contribution in [0.15, 0.2) is 42.7 Å². The van der Waals surface area contributed by atoms with Crippen LogP contribution in [0.3, 0.4) is 0 Å². The highest BCUT2D eigenvalue weighted by molar-refractivity contribution is 5.60. The lowest BCUT2D eigenvalue weighted by Crippen LogP contribution is -2.07. The van der Waals surface area contributed by atoms with Crippen LogP contribution in [0.25, 0.3) is 0 Å². The van der Waals surface area contributed by atoms with E-state index in [0.29, 0.717) is 18.0 Å². The van der Waals surface area contributed by atoms with Gasteiger partial charge in [0.1, 0.15) is 11.5 Å². The second-order valence-electron chi connectivity index (χ2n) is 3.95. The molecule has 1 heterocycles.